The highest BCUT2D eigenvalue weighted by Crippen LogP contribution is 2.15. The Labute approximate surface area is 117 Å². The topological polar surface area (TPSA) is 46.9 Å². The Balaban J connectivity index is 1.84. The lowest BCUT2D eigenvalue weighted by Gasteiger charge is -2.05. The Kier molecular flexibility index (Phi) is 4.74. The van der Waals surface area contributed by atoms with Gasteiger partial charge in [0.25, 0.3) is 0 Å². The van der Waals surface area contributed by atoms with Gasteiger partial charge in [0.1, 0.15) is 0 Å². The SMILES string of the molecule is CC(C)CCNC(=O)Cc1csc(-n2cccc2)n1. The molecule has 0 radical (unpaired) electrons. The predicted octanol–water partition coefficient (Wildman–Crippen LogP) is 2.64. The van der Waals surface area contributed by atoms with Crippen molar-refractivity contribution >= 4 is 17.2 Å². The zero-order valence-corrected chi connectivity index (χ0v) is 12.1. The molecule has 0 unspecified atom stereocenters. The summed E-state index contributed by atoms with van der Waals surface area (Å²) in [5.41, 5.74) is 0.829. The minimum absolute atomic E-state index is 0.0463. The number of nitrogens with zero attached hydrogens (tertiary/aromatic N) is 2. The fraction of sp³-hybridized carbons (Fsp3) is 0.429. The Morgan fingerprint density at radius 1 is 1.42 bits per heavy atom. The second kappa shape index (κ2) is 6.52. The smallest absolute Gasteiger partial charge is 0.226 e. The highest BCUT2D eigenvalue weighted by Gasteiger charge is 2.08. The van der Waals surface area contributed by atoms with Crippen molar-refractivity contribution in [2.24, 2.45) is 5.92 Å². The van der Waals surface area contributed by atoms with E-state index in [1.807, 2.05) is 34.5 Å². The molecule has 5 heteroatoms. The molecular weight excluding hydrogens is 258 g/mol. The highest BCUT2D eigenvalue weighted by molar-refractivity contribution is 7.12. The molecule has 102 valence electrons. The van der Waals surface area contributed by atoms with E-state index >= 15 is 0 Å². The van der Waals surface area contributed by atoms with E-state index in [-0.39, 0.29) is 5.91 Å². The maximum atomic E-state index is 11.7. The molecule has 0 aliphatic carbocycles. The van der Waals surface area contributed by atoms with Crippen LogP contribution < -0.4 is 5.32 Å². The van der Waals surface area contributed by atoms with Crippen molar-refractivity contribution in [1.82, 2.24) is 14.9 Å². The first-order chi connectivity index (χ1) is 9.15. The van der Waals surface area contributed by atoms with Crippen LogP contribution in [0.2, 0.25) is 0 Å². The molecule has 2 heterocycles. The fourth-order valence-corrected chi connectivity index (χ4v) is 2.48. The van der Waals surface area contributed by atoms with Crippen molar-refractivity contribution in [3.05, 3.63) is 35.6 Å². The summed E-state index contributed by atoms with van der Waals surface area (Å²) >= 11 is 1.55. The second-order valence-electron chi connectivity index (χ2n) is 4.92. The lowest BCUT2D eigenvalue weighted by atomic mass is 10.1. The third-order valence-corrected chi connectivity index (χ3v) is 3.65. The second-order valence-corrected chi connectivity index (χ2v) is 5.76. The maximum absolute atomic E-state index is 11.7. The molecule has 2 rings (SSSR count). The van der Waals surface area contributed by atoms with E-state index in [2.05, 4.69) is 24.1 Å². The van der Waals surface area contributed by atoms with Gasteiger partial charge in [0.2, 0.25) is 5.91 Å². The number of hydrogen-bond acceptors (Lipinski definition) is 3. The van der Waals surface area contributed by atoms with Gasteiger partial charge in [-0.2, -0.15) is 0 Å². The first-order valence-electron chi connectivity index (χ1n) is 6.49. The number of carbonyl (C=O) groups is 1. The van der Waals surface area contributed by atoms with Crippen molar-refractivity contribution in [3.8, 4) is 5.13 Å². The van der Waals surface area contributed by atoms with Gasteiger partial charge in [0, 0.05) is 24.3 Å². The van der Waals surface area contributed by atoms with Crippen LogP contribution in [0.3, 0.4) is 0 Å². The molecule has 0 bridgehead atoms. The Morgan fingerprint density at radius 3 is 2.84 bits per heavy atom. The standard InChI is InChI=1S/C14H19N3OS/c1-11(2)5-6-15-13(18)9-12-10-19-14(16-12)17-7-3-4-8-17/h3-4,7-8,10-11H,5-6,9H2,1-2H3,(H,15,18). The lowest BCUT2D eigenvalue weighted by molar-refractivity contribution is -0.120. The quantitative estimate of drug-likeness (QED) is 0.882. The number of nitrogens with one attached hydrogen (secondary N) is 1. The molecule has 0 saturated heterocycles. The van der Waals surface area contributed by atoms with Gasteiger partial charge in [0.15, 0.2) is 5.13 Å². The third kappa shape index (κ3) is 4.21. The molecule has 2 aromatic rings. The summed E-state index contributed by atoms with van der Waals surface area (Å²) in [6.07, 6.45) is 5.27. The summed E-state index contributed by atoms with van der Waals surface area (Å²) in [6, 6.07) is 3.92. The summed E-state index contributed by atoms with van der Waals surface area (Å²) in [4.78, 5) is 16.2. The van der Waals surface area contributed by atoms with E-state index in [1.54, 1.807) is 11.3 Å². The average molecular weight is 277 g/mol. The molecule has 0 aliphatic rings. The summed E-state index contributed by atoms with van der Waals surface area (Å²) in [6.45, 7) is 5.04. The van der Waals surface area contributed by atoms with Crippen LogP contribution in [0.1, 0.15) is 26.0 Å². The summed E-state index contributed by atoms with van der Waals surface area (Å²) in [5, 5.41) is 5.77. The Morgan fingerprint density at radius 2 is 2.16 bits per heavy atom. The highest BCUT2D eigenvalue weighted by atomic mass is 32.1. The van der Waals surface area contributed by atoms with E-state index in [4.69, 9.17) is 0 Å². The fourth-order valence-electron chi connectivity index (χ4n) is 1.69. The minimum atomic E-state index is 0.0463. The molecule has 2 aromatic heterocycles. The molecule has 1 amide bonds. The van der Waals surface area contributed by atoms with Gasteiger partial charge in [-0.15, -0.1) is 11.3 Å². The molecule has 0 aliphatic heterocycles. The van der Waals surface area contributed by atoms with Crippen LogP contribution in [0, 0.1) is 5.92 Å². The first kappa shape index (κ1) is 13.8. The normalized spacial score (nSPS) is 10.9. The van der Waals surface area contributed by atoms with Crippen LogP contribution >= 0.6 is 11.3 Å². The lowest BCUT2D eigenvalue weighted by Crippen LogP contribution is -2.26. The zero-order valence-electron chi connectivity index (χ0n) is 11.3. The largest absolute Gasteiger partial charge is 0.356 e. The van der Waals surface area contributed by atoms with Gasteiger partial charge in [-0.3, -0.25) is 4.79 Å². The number of rotatable bonds is 6. The molecule has 1 N–H and O–H groups in total. The van der Waals surface area contributed by atoms with Crippen LogP contribution in [0.15, 0.2) is 29.9 Å². The number of hydrogen-bond donors (Lipinski definition) is 1. The van der Waals surface area contributed by atoms with E-state index in [0.717, 1.165) is 23.8 Å². The minimum Gasteiger partial charge on any atom is -0.356 e. The van der Waals surface area contributed by atoms with Crippen molar-refractivity contribution in [3.63, 3.8) is 0 Å². The van der Waals surface area contributed by atoms with Crippen molar-refractivity contribution in [2.45, 2.75) is 26.7 Å². The monoisotopic (exact) mass is 277 g/mol. The summed E-state index contributed by atoms with van der Waals surface area (Å²) in [5.74, 6) is 0.657. The van der Waals surface area contributed by atoms with Gasteiger partial charge in [-0.05, 0) is 24.5 Å². The van der Waals surface area contributed by atoms with Gasteiger partial charge in [0.05, 0.1) is 12.1 Å². The van der Waals surface area contributed by atoms with Crippen LogP contribution in [0.5, 0.6) is 0 Å². The predicted molar refractivity (Wildman–Crippen MR) is 77.6 cm³/mol. The Bertz CT molecular complexity index is 517. The van der Waals surface area contributed by atoms with Crippen molar-refractivity contribution in [1.29, 1.82) is 0 Å². The average Bonchev–Trinajstić information content (AvgIpc) is 2.97. The van der Waals surface area contributed by atoms with Crippen molar-refractivity contribution < 1.29 is 4.79 Å². The third-order valence-electron chi connectivity index (χ3n) is 2.75. The van der Waals surface area contributed by atoms with Crippen LogP contribution in [0.4, 0.5) is 0 Å². The van der Waals surface area contributed by atoms with Crippen LogP contribution in [-0.2, 0) is 11.2 Å². The van der Waals surface area contributed by atoms with Crippen molar-refractivity contribution in [2.75, 3.05) is 6.54 Å². The number of carbonyl (C=O) groups excluding carboxylic acids is 1. The van der Waals surface area contributed by atoms with Crippen LogP contribution in [0.25, 0.3) is 5.13 Å². The number of aromatic nitrogens is 2. The molecule has 19 heavy (non-hydrogen) atoms. The van der Waals surface area contributed by atoms with Crippen LogP contribution in [-0.4, -0.2) is 22.0 Å². The van der Waals surface area contributed by atoms with Gasteiger partial charge in [-0.1, -0.05) is 13.8 Å². The van der Waals surface area contributed by atoms with Gasteiger partial charge >= 0.3 is 0 Å². The molecule has 0 saturated carbocycles. The van der Waals surface area contributed by atoms with E-state index < -0.39 is 0 Å². The number of thiazole rings is 1. The van der Waals surface area contributed by atoms with E-state index in [9.17, 15) is 4.79 Å². The molecule has 0 spiro atoms. The van der Waals surface area contributed by atoms with E-state index in [0.29, 0.717) is 12.3 Å². The molecule has 4 nitrogen and oxygen atoms in total. The molecule has 0 fully saturated rings. The maximum Gasteiger partial charge on any atom is 0.226 e. The summed E-state index contributed by atoms with van der Waals surface area (Å²) in [7, 11) is 0. The van der Waals surface area contributed by atoms with Gasteiger partial charge < -0.3 is 9.88 Å². The molecule has 0 aromatic carbocycles. The molecular formula is C14H19N3OS. The van der Waals surface area contributed by atoms with E-state index in [1.165, 1.54) is 0 Å². The first-order valence-corrected chi connectivity index (χ1v) is 7.37. The Hall–Kier alpha value is -1.62. The number of amides is 1. The molecule has 0 atom stereocenters. The van der Waals surface area contributed by atoms with Gasteiger partial charge in [-0.25, -0.2) is 4.98 Å². The zero-order chi connectivity index (χ0) is 13.7. The summed E-state index contributed by atoms with van der Waals surface area (Å²) < 4.78 is 1.95.